The molecule has 88 valence electrons. The van der Waals surface area contributed by atoms with Crippen LogP contribution < -0.4 is 5.73 Å². The van der Waals surface area contributed by atoms with Gasteiger partial charge in [0.15, 0.2) is 0 Å². The molecule has 1 aromatic rings. The van der Waals surface area contributed by atoms with Crippen molar-refractivity contribution < 1.29 is 0 Å². The van der Waals surface area contributed by atoms with Crippen molar-refractivity contribution in [2.75, 3.05) is 18.8 Å². The van der Waals surface area contributed by atoms with Gasteiger partial charge in [0, 0.05) is 23.2 Å². The van der Waals surface area contributed by atoms with Crippen LogP contribution in [0.3, 0.4) is 0 Å². The minimum Gasteiger partial charge on any atom is -0.398 e. The van der Waals surface area contributed by atoms with Gasteiger partial charge in [-0.3, -0.25) is 4.90 Å². The molecule has 1 aliphatic rings. The zero-order valence-electron chi connectivity index (χ0n) is 9.75. The van der Waals surface area contributed by atoms with Gasteiger partial charge in [0.1, 0.15) is 0 Å². The third-order valence-electron chi connectivity index (χ3n) is 3.16. The van der Waals surface area contributed by atoms with Gasteiger partial charge in [-0.15, -0.1) is 0 Å². The molecule has 2 N–H and O–H groups in total. The van der Waals surface area contributed by atoms with E-state index < -0.39 is 0 Å². The summed E-state index contributed by atoms with van der Waals surface area (Å²) < 4.78 is 1.06. The molecule has 3 heteroatoms. The van der Waals surface area contributed by atoms with Crippen molar-refractivity contribution in [2.24, 2.45) is 5.92 Å². The van der Waals surface area contributed by atoms with Crippen LogP contribution >= 0.6 is 15.9 Å². The minimum absolute atomic E-state index is 0.833. The molecule has 0 aromatic heterocycles. The first-order chi connectivity index (χ1) is 7.70. The Balaban J connectivity index is 2.02. The molecule has 0 bridgehead atoms. The molecule has 2 nitrogen and oxygen atoms in total. The Bertz CT molecular complexity index is 361. The monoisotopic (exact) mass is 282 g/mol. The lowest BCUT2D eigenvalue weighted by Crippen LogP contribution is -2.25. The summed E-state index contributed by atoms with van der Waals surface area (Å²) in [6.45, 7) is 5.57. The lowest BCUT2D eigenvalue weighted by molar-refractivity contribution is 0.268. The largest absolute Gasteiger partial charge is 0.398 e. The summed E-state index contributed by atoms with van der Waals surface area (Å²) in [6, 6.07) is 6.11. The van der Waals surface area contributed by atoms with Crippen molar-refractivity contribution in [3.05, 3.63) is 28.2 Å². The molecule has 0 unspecified atom stereocenters. The molecule has 0 saturated heterocycles. The molecule has 0 atom stereocenters. The molecule has 1 aliphatic carbocycles. The SMILES string of the molecule is CCN(Cc1cccc(N)c1Br)CC1CC1. The van der Waals surface area contributed by atoms with Gasteiger partial charge in [-0.2, -0.15) is 0 Å². The van der Waals surface area contributed by atoms with Crippen molar-refractivity contribution in [3.8, 4) is 0 Å². The van der Waals surface area contributed by atoms with Crippen LogP contribution in [0.25, 0.3) is 0 Å². The summed E-state index contributed by atoms with van der Waals surface area (Å²) in [7, 11) is 0. The highest BCUT2D eigenvalue weighted by Crippen LogP contribution is 2.31. The number of benzene rings is 1. The predicted octanol–water partition coefficient (Wildman–Crippen LogP) is 3.26. The normalized spacial score (nSPS) is 15.7. The Labute approximate surface area is 106 Å². The van der Waals surface area contributed by atoms with Crippen LogP contribution in [0.15, 0.2) is 22.7 Å². The van der Waals surface area contributed by atoms with E-state index in [0.717, 1.165) is 29.2 Å². The van der Waals surface area contributed by atoms with E-state index in [0.29, 0.717) is 0 Å². The minimum atomic E-state index is 0.833. The Kier molecular flexibility index (Phi) is 3.87. The van der Waals surface area contributed by atoms with Crippen LogP contribution in [0, 0.1) is 5.92 Å². The summed E-state index contributed by atoms with van der Waals surface area (Å²) in [6.07, 6.45) is 2.82. The molecule has 16 heavy (non-hydrogen) atoms. The average molecular weight is 283 g/mol. The zero-order valence-corrected chi connectivity index (χ0v) is 11.3. The number of hydrogen-bond acceptors (Lipinski definition) is 2. The molecular formula is C13H19BrN2. The number of halogens is 1. The Hall–Kier alpha value is -0.540. The molecule has 0 heterocycles. The lowest BCUT2D eigenvalue weighted by Gasteiger charge is -2.21. The van der Waals surface area contributed by atoms with Crippen molar-refractivity contribution in [3.63, 3.8) is 0 Å². The second kappa shape index (κ2) is 5.19. The smallest absolute Gasteiger partial charge is 0.0461 e. The van der Waals surface area contributed by atoms with Crippen molar-refractivity contribution in [2.45, 2.75) is 26.3 Å². The molecule has 1 saturated carbocycles. The number of nitrogens with zero attached hydrogens (tertiary/aromatic N) is 1. The standard InChI is InChI=1S/C13H19BrN2/c1-2-16(8-10-6-7-10)9-11-4-3-5-12(15)13(11)14/h3-5,10H,2,6-9,15H2,1H3. The number of hydrogen-bond donors (Lipinski definition) is 1. The van der Waals surface area contributed by atoms with E-state index in [2.05, 4.69) is 33.8 Å². The summed E-state index contributed by atoms with van der Waals surface area (Å²) in [5.74, 6) is 0.944. The van der Waals surface area contributed by atoms with E-state index in [9.17, 15) is 0 Å². The van der Waals surface area contributed by atoms with Gasteiger partial charge in [-0.05, 0) is 52.9 Å². The first-order valence-electron chi connectivity index (χ1n) is 5.96. The summed E-state index contributed by atoms with van der Waals surface area (Å²) in [5, 5.41) is 0. The van der Waals surface area contributed by atoms with Crippen LogP contribution in [0.2, 0.25) is 0 Å². The fraction of sp³-hybridized carbons (Fsp3) is 0.538. The van der Waals surface area contributed by atoms with Crippen LogP contribution in [0.5, 0.6) is 0 Å². The molecular weight excluding hydrogens is 264 g/mol. The first-order valence-corrected chi connectivity index (χ1v) is 6.75. The Morgan fingerprint density at radius 3 is 2.81 bits per heavy atom. The van der Waals surface area contributed by atoms with Gasteiger partial charge < -0.3 is 5.73 Å². The number of nitrogens with two attached hydrogens (primary N) is 1. The van der Waals surface area contributed by atoms with Crippen LogP contribution in [-0.4, -0.2) is 18.0 Å². The quantitative estimate of drug-likeness (QED) is 0.840. The average Bonchev–Trinajstić information content (AvgIpc) is 3.07. The first kappa shape index (κ1) is 11.9. The van der Waals surface area contributed by atoms with E-state index >= 15 is 0 Å². The van der Waals surface area contributed by atoms with Gasteiger partial charge in [0.2, 0.25) is 0 Å². The maximum Gasteiger partial charge on any atom is 0.0461 e. The van der Waals surface area contributed by atoms with Gasteiger partial charge in [-0.25, -0.2) is 0 Å². The highest BCUT2D eigenvalue weighted by atomic mass is 79.9. The third kappa shape index (κ3) is 2.98. The zero-order chi connectivity index (χ0) is 11.5. The molecule has 0 aliphatic heterocycles. The molecule has 0 spiro atoms. The van der Waals surface area contributed by atoms with E-state index in [1.807, 2.05) is 12.1 Å². The highest BCUT2D eigenvalue weighted by molar-refractivity contribution is 9.10. The summed E-state index contributed by atoms with van der Waals surface area (Å²) in [5.41, 5.74) is 8.01. The number of nitrogen functional groups attached to an aromatic ring is 1. The van der Waals surface area contributed by atoms with E-state index in [-0.39, 0.29) is 0 Å². The molecule has 1 aromatic carbocycles. The van der Waals surface area contributed by atoms with Crippen molar-refractivity contribution in [1.82, 2.24) is 4.90 Å². The molecule has 0 amide bonds. The van der Waals surface area contributed by atoms with E-state index in [1.165, 1.54) is 24.9 Å². The summed E-state index contributed by atoms with van der Waals surface area (Å²) in [4.78, 5) is 2.50. The molecule has 2 rings (SSSR count). The second-order valence-electron chi connectivity index (χ2n) is 4.59. The Morgan fingerprint density at radius 1 is 1.44 bits per heavy atom. The molecule has 1 fully saturated rings. The van der Waals surface area contributed by atoms with E-state index in [1.54, 1.807) is 0 Å². The predicted molar refractivity (Wildman–Crippen MR) is 72.2 cm³/mol. The fourth-order valence-electron chi connectivity index (χ4n) is 1.93. The van der Waals surface area contributed by atoms with E-state index in [4.69, 9.17) is 5.73 Å². The fourth-order valence-corrected chi connectivity index (χ4v) is 2.32. The van der Waals surface area contributed by atoms with Crippen molar-refractivity contribution >= 4 is 21.6 Å². The van der Waals surface area contributed by atoms with Gasteiger partial charge in [0.05, 0.1) is 0 Å². The van der Waals surface area contributed by atoms with Gasteiger partial charge >= 0.3 is 0 Å². The number of rotatable bonds is 5. The Morgan fingerprint density at radius 2 is 2.19 bits per heavy atom. The summed E-state index contributed by atoms with van der Waals surface area (Å²) >= 11 is 3.57. The highest BCUT2D eigenvalue weighted by Gasteiger charge is 2.23. The van der Waals surface area contributed by atoms with Gasteiger partial charge in [-0.1, -0.05) is 19.1 Å². The lowest BCUT2D eigenvalue weighted by atomic mass is 10.2. The molecule has 0 radical (unpaired) electrons. The van der Waals surface area contributed by atoms with Crippen molar-refractivity contribution in [1.29, 1.82) is 0 Å². The maximum absolute atomic E-state index is 5.89. The van der Waals surface area contributed by atoms with Gasteiger partial charge in [0.25, 0.3) is 0 Å². The number of anilines is 1. The third-order valence-corrected chi connectivity index (χ3v) is 4.13. The van der Waals surface area contributed by atoms with Crippen LogP contribution in [0.4, 0.5) is 5.69 Å². The van der Waals surface area contributed by atoms with Crippen LogP contribution in [-0.2, 0) is 6.54 Å². The maximum atomic E-state index is 5.89. The van der Waals surface area contributed by atoms with Crippen LogP contribution in [0.1, 0.15) is 25.3 Å². The topological polar surface area (TPSA) is 29.3 Å². The second-order valence-corrected chi connectivity index (χ2v) is 5.38.